The minimum Gasteiger partial charge on any atom is -0.368 e. The van der Waals surface area contributed by atoms with Crippen LogP contribution in [-0.4, -0.2) is 47.3 Å². The number of nitrogens with zero attached hydrogens (tertiary/aromatic N) is 3. The molecule has 2 aromatic rings. The third-order valence-corrected chi connectivity index (χ3v) is 4.52. The number of aryl methyl sites for hydroxylation is 1. The number of anilines is 1. The molecule has 1 aromatic heterocycles. The third-order valence-electron chi connectivity index (χ3n) is 4.52. The number of nitrogens with one attached hydrogen (secondary N) is 2. The highest BCUT2D eigenvalue weighted by Gasteiger charge is 2.13. The first-order valence-corrected chi connectivity index (χ1v) is 8.66. The van der Waals surface area contributed by atoms with Gasteiger partial charge in [0.2, 0.25) is 0 Å². The lowest BCUT2D eigenvalue weighted by Crippen LogP contribution is -2.33. The Labute approximate surface area is 143 Å². The molecular weight excluding hydrogens is 298 g/mol. The van der Waals surface area contributed by atoms with Crippen LogP contribution in [0.5, 0.6) is 0 Å². The summed E-state index contributed by atoms with van der Waals surface area (Å²) in [6.07, 6.45) is 6.88. The molecule has 1 aromatic carbocycles. The maximum absolute atomic E-state index is 7.79. The molecule has 0 saturated carbocycles. The molecule has 5 nitrogen and oxygen atoms in total. The topological polar surface area (TPSA) is 64.9 Å². The molecule has 126 valence electrons. The van der Waals surface area contributed by atoms with Crippen LogP contribution in [0.2, 0.25) is 0 Å². The zero-order valence-corrected chi connectivity index (χ0v) is 14.3. The van der Waals surface area contributed by atoms with Gasteiger partial charge in [0.05, 0.1) is 11.3 Å². The summed E-state index contributed by atoms with van der Waals surface area (Å²) in [5.74, 6) is 0.743. The Balaban J connectivity index is 1.72. The molecule has 3 rings (SSSR count). The lowest BCUT2D eigenvalue weighted by Gasteiger charge is -2.26. The second-order valence-electron chi connectivity index (χ2n) is 6.32. The average Bonchev–Trinajstić information content (AvgIpc) is 2.63. The molecule has 0 bridgehead atoms. The number of piperidine rings is 1. The largest absolute Gasteiger partial charge is 0.368 e. The minimum absolute atomic E-state index is 0.743. The average molecular weight is 323 g/mol. The Morgan fingerprint density at radius 2 is 1.88 bits per heavy atom. The fourth-order valence-electron chi connectivity index (χ4n) is 3.13. The van der Waals surface area contributed by atoms with E-state index in [1.807, 2.05) is 12.1 Å². The van der Waals surface area contributed by atoms with E-state index < -0.39 is 0 Å². The van der Waals surface area contributed by atoms with Gasteiger partial charge in [-0.25, -0.2) is 9.97 Å². The van der Waals surface area contributed by atoms with Crippen LogP contribution in [0.1, 0.15) is 30.4 Å². The third kappa shape index (κ3) is 3.97. The van der Waals surface area contributed by atoms with Crippen molar-refractivity contribution in [3.8, 4) is 11.3 Å². The number of rotatable bonds is 6. The summed E-state index contributed by atoms with van der Waals surface area (Å²) in [5.41, 5.74) is 3.78. The summed E-state index contributed by atoms with van der Waals surface area (Å²) < 4.78 is 0. The van der Waals surface area contributed by atoms with Gasteiger partial charge in [-0.05, 0) is 32.9 Å². The second-order valence-corrected chi connectivity index (χ2v) is 6.32. The molecule has 1 saturated heterocycles. The molecule has 5 heteroatoms. The lowest BCUT2D eigenvalue weighted by molar-refractivity contribution is 0.237. The Morgan fingerprint density at radius 3 is 2.58 bits per heavy atom. The zero-order valence-electron chi connectivity index (χ0n) is 14.3. The Bertz CT molecular complexity index is 675. The van der Waals surface area contributed by atoms with Crippen molar-refractivity contribution in [1.82, 2.24) is 14.9 Å². The van der Waals surface area contributed by atoms with E-state index in [1.54, 1.807) is 6.33 Å². The molecule has 0 unspecified atom stereocenters. The maximum Gasteiger partial charge on any atom is 0.138 e. The van der Waals surface area contributed by atoms with E-state index >= 15 is 0 Å². The predicted octanol–water partition coefficient (Wildman–Crippen LogP) is 3.35. The summed E-state index contributed by atoms with van der Waals surface area (Å²) in [6, 6.07) is 8.22. The first-order valence-electron chi connectivity index (χ1n) is 8.66. The molecule has 0 atom stereocenters. The molecule has 1 aliphatic heterocycles. The van der Waals surface area contributed by atoms with Gasteiger partial charge in [-0.2, -0.15) is 0 Å². The van der Waals surface area contributed by atoms with E-state index in [1.165, 1.54) is 44.1 Å². The predicted molar refractivity (Wildman–Crippen MR) is 98.9 cm³/mol. The minimum atomic E-state index is 0.743. The quantitative estimate of drug-likeness (QED) is 0.800. The molecule has 0 radical (unpaired) electrons. The van der Waals surface area contributed by atoms with Gasteiger partial charge in [0.25, 0.3) is 0 Å². The van der Waals surface area contributed by atoms with E-state index in [-0.39, 0.29) is 0 Å². The van der Waals surface area contributed by atoms with Crippen LogP contribution in [0.4, 0.5) is 5.82 Å². The smallest absolute Gasteiger partial charge is 0.138 e. The van der Waals surface area contributed by atoms with Gasteiger partial charge in [0.1, 0.15) is 12.1 Å². The van der Waals surface area contributed by atoms with Crippen LogP contribution in [-0.2, 0) is 0 Å². The fourth-order valence-corrected chi connectivity index (χ4v) is 3.13. The molecular formula is C19H25N5. The van der Waals surface area contributed by atoms with Crippen molar-refractivity contribution in [2.24, 2.45) is 0 Å². The summed E-state index contributed by atoms with van der Waals surface area (Å²) in [5, 5.41) is 11.2. The first-order chi connectivity index (χ1) is 11.8. The summed E-state index contributed by atoms with van der Waals surface area (Å²) in [7, 11) is 0. The van der Waals surface area contributed by atoms with Crippen LogP contribution in [0.3, 0.4) is 0 Å². The van der Waals surface area contributed by atoms with Crippen molar-refractivity contribution in [3.63, 3.8) is 0 Å². The van der Waals surface area contributed by atoms with Crippen LogP contribution in [0, 0.1) is 12.3 Å². The SMILES string of the molecule is Cc1ccc(-c2ncnc(NCCN3CCCCC3)c2C=N)cc1. The number of likely N-dealkylation sites (tertiary alicyclic amines) is 1. The monoisotopic (exact) mass is 323 g/mol. The number of benzene rings is 1. The van der Waals surface area contributed by atoms with Crippen molar-refractivity contribution in [3.05, 3.63) is 41.7 Å². The number of hydrogen-bond donors (Lipinski definition) is 2. The van der Waals surface area contributed by atoms with Crippen LogP contribution >= 0.6 is 0 Å². The lowest BCUT2D eigenvalue weighted by atomic mass is 10.1. The normalized spacial score (nSPS) is 15.2. The van der Waals surface area contributed by atoms with Gasteiger partial charge < -0.3 is 15.6 Å². The summed E-state index contributed by atoms with van der Waals surface area (Å²) in [6.45, 7) is 6.30. The van der Waals surface area contributed by atoms with E-state index in [2.05, 4.69) is 39.2 Å². The van der Waals surface area contributed by atoms with Crippen LogP contribution in [0.25, 0.3) is 11.3 Å². The molecule has 0 amide bonds. The first kappa shape index (κ1) is 16.6. The van der Waals surface area contributed by atoms with E-state index in [0.717, 1.165) is 35.7 Å². The standard InChI is InChI=1S/C19H25N5/c1-15-5-7-16(8-6-15)18-17(13-20)19(23-14-22-18)21-9-12-24-10-3-2-4-11-24/h5-8,13-14,20H,2-4,9-12H2,1H3,(H,21,22,23). The molecule has 1 aliphatic rings. The maximum atomic E-state index is 7.79. The van der Waals surface area contributed by atoms with E-state index in [9.17, 15) is 0 Å². The van der Waals surface area contributed by atoms with Crippen molar-refractivity contribution in [2.75, 3.05) is 31.5 Å². The molecule has 0 spiro atoms. The highest BCUT2D eigenvalue weighted by molar-refractivity contribution is 5.92. The van der Waals surface area contributed by atoms with Gasteiger partial charge in [-0.1, -0.05) is 36.2 Å². The molecule has 0 aliphatic carbocycles. The van der Waals surface area contributed by atoms with E-state index in [0.29, 0.717) is 0 Å². The van der Waals surface area contributed by atoms with Crippen molar-refractivity contribution >= 4 is 12.0 Å². The number of hydrogen-bond acceptors (Lipinski definition) is 5. The van der Waals surface area contributed by atoms with Gasteiger partial charge in [0, 0.05) is 24.9 Å². The zero-order chi connectivity index (χ0) is 16.8. The highest BCUT2D eigenvalue weighted by atomic mass is 15.1. The summed E-state index contributed by atoms with van der Waals surface area (Å²) in [4.78, 5) is 11.2. The fraction of sp³-hybridized carbons (Fsp3) is 0.421. The van der Waals surface area contributed by atoms with Gasteiger partial charge in [0.15, 0.2) is 0 Å². The Hall–Kier alpha value is -2.27. The summed E-state index contributed by atoms with van der Waals surface area (Å²) >= 11 is 0. The van der Waals surface area contributed by atoms with Gasteiger partial charge >= 0.3 is 0 Å². The molecule has 1 fully saturated rings. The van der Waals surface area contributed by atoms with Gasteiger partial charge in [-0.15, -0.1) is 0 Å². The van der Waals surface area contributed by atoms with Crippen LogP contribution < -0.4 is 5.32 Å². The molecule has 2 N–H and O–H groups in total. The van der Waals surface area contributed by atoms with Crippen molar-refractivity contribution < 1.29 is 0 Å². The van der Waals surface area contributed by atoms with Crippen molar-refractivity contribution in [2.45, 2.75) is 26.2 Å². The Kier molecular flexibility index (Phi) is 5.54. The second kappa shape index (κ2) is 8.02. The molecule has 2 heterocycles. The van der Waals surface area contributed by atoms with Crippen LogP contribution in [0.15, 0.2) is 30.6 Å². The highest BCUT2D eigenvalue weighted by Crippen LogP contribution is 2.24. The van der Waals surface area contributed by atoms with Gasteiger partial charge in [-0.3, -0.25) is 0 Å². The Morgan fingerprint density at radius 1 is 1.12 bits per heavy atom. The number of aromatic nitrogens is 2. The molecule has 24 heavy (non-hydrogen) atoms. The van der Waals surface area contributed by atoms with E-state index in [4.69, 9.17) is 5.41 Å². The van der Waals surface area contributed by atoms with Crippen molar-refractivity contribution in [1.29, 1.82) is 5.41 Å².